The highest BCUT2D eigenvalue weighted by molar-refractivity contribution is 6.36. The molecule has 0 spiro atoms. The number of rotatable bonds is 3. The van der Waals surface area contributed by atoms with Gasteiger partial charge >= 0.3 is 0 Å². The van der Waals surface area contributed by atoms with Crippen molar-refractivity contribution in [1.29, 1.82) is 0 Å². The first-order valence-corrected chi connectivity index (χ1v) is 9.60. The lowest BCUT2D eigenvalue weighted by Gasteiger charge is -2.16. The monoisotopic (exact) mass is 414 g/mol. The van der Waals surface area contributed by atoms with Gasteiger partial charge in [-0.2, -0.15) is 0 Å². The van der Waals surface area contributed by atoms with Crippen LogP contribution in [0.15, 0.2) is 54.6 Å². The van der Waals surface area contributed by atoms with Crippen molar-refractivity contribution in [2.75, 3.05) is 10.2 Å². The van der Waals surface area contributed by atoms with Crippen LogP contribution in [0, 0.1) is 11.8 Å². The first-order valence-electron chi connectivity index (χ1n) is 8.85. The summed E-state index contributed by atoms with van der Waals surface area (Å²) < 4.78 is 0. The van der Waals surface area contributed by atoms with E-state index in [4.69, 9.17) is 23.2 Å². The molecule has 7 heteroatoms. The fraction of sp³-hybridized carbons (Fsp3) is 0.190. The number of fused-ring (bicyclic) bond motifs is 1. The van der Waals surface area contributed by atoms with Gasteiger partial charge < -0.3 is 5.32 Å². The molecular weight excluding hydrogens is 399 g/mol. The Bertz CT molecular complexity index is 992. The van der Waals surface area contributed by atoms with Gasteiger partial charge in [0.05, 0.1) is 28.2 Å². The highest BCUT2D eigenvalue weighted by Gasteiger charge is 2.47. The average molecular weight is 415 g/mol. The quantitative estimate of drug-likeness (QED) is 0.584. The van der Waals surface area contributed by atoms with E-state index in [1.807, 2.05) is 12.2 Å². The molecule has 1 aliphatic carbocycles. The molecule has 2 aromatic rings. The summed E-state index contributed by atoms with van der Waals surface area (Å²) in [6.45, 7) is 0. The lowest BCUT2D eigenvalue weighted by molar-refractivity contribution is -0.122. The van der Waals surface area contributed by atoms with Crippen molar-refractivity contribution in [3.8, 4) is 0 Å². The van der Waals surface area contributed by atoms with E-state index in [9.17, 15) is 14.4 Å². The molecule has 0 unspecified atom stereocenters. The molecule has 1 aliphatic heterocycles. The predicted octanol–water partition coefficient (Wildman–Crippen LogP) is 4.70. The van der Waals surface area contributed by atoms with Crippen LogP contribution in [0.1, 0.15) is 23.2 Å². The second-order valence-corrected chi connectivity index (χ2v) is 7.64. The number of halogens is 2. The van der Waals surface area contributed by atoms with Crippen LogP contribution >= 0.6 is 23.2 Å². The van der Waals surface area contributed by atoms with E-state index in [1.54, 1.807) is 36.4 Å². The number of nitrogens with zero attached hydrogens (tertiary/aromatic N) is 1. The molecule has 142 valence electrons. The molecule has 0 bridgehead atoms. The summed E-state index contributed by atoms with van der Waals surface area (Å²) in [6.07, 6.45) is 5.02. The molecule has 2 aliphatic rings. The van der Waals surface area contributed by atoms with E-state index in [0.29, 0.717) is 39.8 Å². The van der Waals surface area contributed by atoms with Crippen LogP contribution in [0.4, 0.5) is 11.4 Å². The zero-order chi connectivity index (χ0) is 19.8. The predicted molar refractivity (Wildman–Crippen MR) is 109 cm³/mol. The van der Waals surface area contributed by atoms with Crippen molar-refractivity contribution < 1.29 is 14.4 Å². The number of hydrogen-bond donors (Lipinski definition) is 1. The second-order valence-electron chi connectivity index (χ2n) is 6.80. The molecule has 0 aromatic heterocycles. The fourth-order valence-corrected chi connectivity index (χ4v) is 4.08. The molecule has 1 fully saturated rings. The molecule has 0 saturated carbocycles. The van der Waals surface area contributed by atoms with Crippen LogP contribution in [0.2, 0.25) is 10.0 Å². The van der Waals surface area contributed by atoms with E-state index in [2.05, 4.69) is 5.32 Å². The van der Waals surface area contributed by atoms with Gasteiger partial charge in [0.15, 0.2) is 0 Å². The summed E-state index contributed by atoms with van der Waals surface area (Å²) >= 11 is 12.0. The smallest absolute Gasteiger partial charge is 0.255 e. The highest BCUT2D eigenvalue weighted by Crippen LogP contribution is 2.37. The molecule has 4 rings (SSSR count). The van der Waals surface area contributed by atoms with Crippen LogP contribution in [0.3, 0.4) is 0 Å². The minimum Gasteiger partial charge on any atom is -0.321 e. The van der Waals surface area contributed by atoms with Crippen molar-refractivity contribution in [2.24, 2.45) is 11.8 Å². The molecular formula is C21H16Cl2N2O3. The number of imide groups is 1. The maximum absolute atomic E-state index is 12.7. The number of benzene rings is 2. The Labute approximate surface area is 171 Å². The largest absolute Gasteiger partial charge is 0.321 e. The van der Waals surface area contributed by atoms with E-state index >= 15 is 0 Å². The molecule has 2 atom stereocenters. The van der Waals surface area contributed by atoms with Gasteiger partial charge in [-0.15, -0.1) is 0 Å². The minimum atomic E-state index is -0.399. The SMILES string of the molecule is O=C(Nc1ccc(Cl)cc1Cl)c1cccc(N2C(=O)[C@H]3CC=CC[C@H]3C2=O)c1. The Morgan fingerprint density at radius 3 is 2.29 bits per heavy atom. The zero-order valence-electron chi connectivity index (χ0n) is 14.7. The van der Waals surface area contributed by atoms with Gasteiger partial charge in [0, 0.05) is 10.6 Å². The van der Waals surface area contributed by atoms with Crippen LogP contribution in [-0.2, 0) is 9.59 Å². The minimum absolute atomic E-state index is 0.211. The zero-order valence-corrected chi connectivity index (χ0v) is 16.2. The number of hydrogen-bond acceptors (Lipinski definition) is 3. The number of nitrogens with one attached hydrogen (secondary N) is 1. The third kappa shape index (κ3) is 3.32. The Balaban J connectivity index is 1.59. The summed E-state index contributed by atoms with van der Waals surface area (Å²) in [7, 11) is 0. The fourth-order valence-electron chi connectivity index (χ4n) is 3.63. The van der Waals surface area contributed by atoms with Gasteiger partial charge in [0.2, 0.25) is 11.8 Å². The van der Waals surface area contributed by atoms with Gasteiger partial charge in [0.25, 0.3) is 5.91 Å². The Morgan fingerprint density at radius 1 is 0.964 bits per heavy atom. The highest BCUT2D eigenvalue weighted by atomic mass is 35.5. The number of carbonyl (C=O) groups is 3. The van der Waals surface area contributed by atoms with Crippen LogP contribution < -0.4 is 10.2 Å². The normalized spacial score (nSPS) is 21.0. The molecule has 5 nitrogen and oxygen atoms in total. The van der Waals surface area contributed by atoms with Gasteiger partial charge in [0.1, 0.15) is 0 Å². The Kier molecular flexibility index (Phi) is 4.96. The van der Waals surface area contributed by atoms with Gasteiger partial charge in [-0.25, -0.2) is 0 Å². The second kappa shape index (κ2) is 7.41. The number of allylic oxidation sites excluding steroid dienone is 2. The summed E-state index contributed by atoms with van der Waals surface area (Å²) in [5, 5.41) is 3.50. The lowest BCUT2D eigenvalue weighted by atomic mass is 9.85. The van der Waals surface area contributed by atoms with E-state index < -0.39 is 5.91 Å². The van der Waals surface area contributed by atoms with Crippen LogP contribution in [-0.4, -0.2) is 17.7 Å². The number of carbonyl (C=O) groups excluding carboxylic acids is 3. The third-order valence-corrected chi connectivity index (χ3v) is 5.60. The van der Waals surface area contributed by atoms with Gasteiger partial charge in [-0.05, 0) is 49.2 Å². The van der Waals surface area contributed by atoms with Crippen molar-refractivity contribution in [3.05, 3.63) is 70.2 Å². The van der Waals surface area contributed by atoms with Crippen LogP contribution in [0.25, 0.3) is 0 Å². The standard InChI is InChI=1S/C21H16Cl2N2O3/c22-13-8-9-18(17(23)11-13)24-19(26)12-4-3-5-14(10-12)25-20(27)15-6-1-2-7-16(15)21(25)28/h1-5,8-11,15-16H,6-7H2,(H,24,26)/t15-,16+. The molecule has 2 aromatic carbocycles. The van der Waals surface area contributed by atoms with Gasteiger partial charge in [-0.3, -0.25) is 19.3 Å². The van der Waals surface area contributed by atoms with Crippen LogP contribution in [0.5, 0.6) is 0 Å². The topological polar surface area (TPSA) is 66.5 Å². The van der Waals surface area contributed by atoms with Gasteiger partial charge in [-0.1, -0.05) is 41.4 Å². The molecule has 1 saturated heterocycles. The average Bonchev–Trinajstić information content (AvgIpc) is 2.95. The Hall–Kier alpha value is -2.63. The summed E-state index contributed by atoms with van der Waals surface area (Å²) in [5.74, 6) is -1.45. The maximum atomic E-state index is 12.7. The summed E-state index contributed by atoms with van der Waals surface area (Å²) in [6, 6.07) is 11.2. The molecule has 3 amide bonds. The summed E-state index contributed by atoms with van der Waals surface area (Å²) in [4.78, 5) is 39.3. The maximum Gasteiger partial charge on any atom is 0.255 e. The number of amides is 3. The molecule has 28 heavy (non-hydrogen) atoms. The molecule has 0 radical (unpaired) electrons. The van der Waals surface area contributed by atoms with Crippen molar-refractivity contribution in [1.82, 2.24) is 0 Å². The van der Waals surface area contributed by atoms with Crippen molar-refractivity contribution in [3.63, 3.8) is 0 Å². The first kappa shape index (κ1) is 18.7. The van der Waals surface area contributed by atoms with E-state index in [1.165, 1.54) is 11.0 Å². The molecule has 1 N–H and O–H groups in total. The first-order chi connectivity index (χ1) is 13.5. The lowest BCUT2D eigenvalue weighted by Crippen LogP contribution is -2.31. The third-order valence-electron chi connectivity index (χ3n) is 5.05. The van der Waals surface area contributed by atoms with Crippen molar-refractivity contribution in [2.45, 2.75) is 12.8 Å². The van der Waals surface area contributed by atoms with E-state index in [0.717, 1.165) is 0 Å². The van der Waals surface area contributed by atoms with Crippen molar-refractivity contribution >= 4 is 52.3 Å². The Morgan fingerprint density at radius 2 is 1.64 bits per heavy atom. The summed E-state index contributed by atoms with van der Waals surface area (Å²) in [5.41, 5.74) is 1.14. The number of anilines is 2. The molecule has 1 heterocycles. The van der Waals surface area contributed by atoms with E-state index in [-0.39, 0.29) is 23.7 Å².